The van der Waals surface area contributed by atoms with Gasteiger partial charge in [0, 0.05) is 32.1 Å². The van der Waals surface area contributed by atoms with Gasteiger partial charge < -0.3 is 20.2 Å². The molecule has 0 unspecified atom stereocenters. The molecule has 2 aliphatic heterocycles. The highest BCUT2D eigenvalue weighted by atomic mass is 32.2. The number of likely N-dealkylation sites (tertiary alicyclic amines) is 1. The number of sulfonamides is 1. The van der Waals surface area contributed by atoms with E-state index in [1.807, 2.05) is 0 Å². The second-order valence-corrected chi connectivity index (χ2v) is 11.3. The molecule has 2 heterocycles. The van der Waals surface area contributed by atoms with E-state index in [1.165, 1.54) is 24.3 Å². The van der Waals surface area contributed by atoms with Crippen LogP contribution in [0.2, 0.25) is 0 Å². The SMILES string of the molecule is N/N=C(\C=N\S(=O)(=O)c1ccc2c(c1)OC(F)(F)O2)CCN1CCC(=C(c2ccc(F)cc2)c2ccc(F)cc2)CC1. The van der Waals surface area contributed by atoms with Crippen molar-refractivity contribution in [2.24, 2.45) is 15.3 Å². The van der Waals surface area contributed by atoms with E-state index in [0.29, 0.717) is 38.9 Å². The van der Waals surface area contributed by atoms with Crippen molar-refractivity contribution in [3.63, 3.8) is 0 Å². The number of hydrogen-bond acceptors (Lipinski definition) is 7. The van der Waals surface area contributed by atoms with Gasteiger partial charge >= 0.3 is 6.29 Å². The van der Waals surface area contributed by atoms with Crippen molar-refractivity contribution in [3.05, 3.63) is 95.1 Å². The summed E-state index contributed by atoms with van der Waals surface area (Å²) in [6.45, 7) is 1.91. The summed E-state index contributed by atoms with van der Waals surface area (Å²) in [6, 6.07) is 15.5. The molecule has 0 spiro atoms. The van der Waals surface area contributed by atoms with Crippen LogP contribution in [0.4, 0.5) is 17.6 Å². The van der Waals surface area contributed by atoms with Crippen LogP contribution in [0.5, 0.6) is 11.5 Å². The van der Waals surface area contributed by atoms with Crippen LogP contribution in [0.1, 0.15) is 30.4 Å². The van der Waals surface area contributed by atoms with Gasteiger partial charge in [0.15, 0.2) is 11.5 Å². The van der Waals surface area contributed by atoms with Crippen molar-refractivity contribution >= 4 is 27.5 Å². The van der Waals surface area contributed by atoms with Gasteiger partial charge in [-0.1, -0.05) is 29.8 Å². The number of alkyl halides is 2. The lowest BCUT2D eigenvalue weighted by atomic mass is 9.88. The summed E-state index contributed by atoms with van der Waals surface area (Å²) in [7, 11) is -4.26. The summed E-state index contributed by atoms with van der Waals surface area (Å²) in [4.78, 5) is 1.81. The third kappa shape index (κ3) is 6.80. The van der Waals surface area contributed by atoms with Gasteiger partial charge in [-0.3, -0.25) is 0 Å². The van der Waals surface area contributed by atoms with E-state index in [2.05, 4.69) is 23.9 Å². The van der Waals surface area contributed by atoms with Crippen LogP contribution in [0.25, 0.3) is 5.57 Å². The van der Waals surface area contributed by atoms with Crippen LogP contribution >= 0.6 is 0 Å². The number of piperidine rings is 1. The van der Waals surface area contributed by atoms with E-state index in [9.17, 15) is 26.0 Å². The van der Waals surface area contributed by atoms with Crippen LogP contribution in [-0.4, -0.2) is 51.2 Å². The van der Waals surface area contributed by atoms with E-state index in [0.717, 1.165) is 46.7 Å². The van der Waals surface area contributed by atoms with Gasteiger partial charge in [0.1, 0.15) is 11.6 Å². The average Bonchev–Trinajstić information content (AvgIpc) is 3.29. The van der Waals surface area contributed by atoms with Gasteiger partial charge in [-0.2, -0.15) is 17.9 Å². The maximum Gasteiger partial charge on any atom is 0.586 e. The molecule has 3 aromatic rings. The van der Waals surface area contributed by atoms with Crippen molar-refractivity contribution in [1.82, 2.24) is 4.90 Å². The molecule has 220 valence electrons. The maximum atomic E-state index is 13.6. The quantitative estimate of drug-likeness (QED) is 0.161. The van der Waals surface area contributed by atoms with Crippen molar-refractivity contribution in [2.45, 2.75) is 30.5 Å². The van der Waals surface area contributed by atoms with Crippen molar-refractivity contribution in [2.75, 3.05) is 19.6 Å². The Bertz CT molecular complexity index is 1600. The number of hydrogen-bond donors (Lipinski definition) is 1. The summed E-state index contributed by atoms with van der Waals surface area (Å²) >= 11 is 0. The van der Waals surface area contributed by atoms with Gasteiger partial charge in [0.25, 0.3) is 10.0 Å². The highest BCUT2D eigenvalue weighted by Crippen LogP contribution is 2.42. The Labute approximate surface area is 239 Å². The number of benzene rings is 3. The monoisotopic (exact) mass is 602 g/mol. The predicted octanol–water partition coefficient (Wildman–Crippen LogP) is 5.35. The zero-order valence-corrected chi connectivity index (χ0v) is 23.0. The van der Waals surface area contributed by atoms with E-state index >= 15 is 0 Å². The molecular formula is C29H26F4N4O4S. The Balaban J connectivity index is 1.23. The van der Waals surface area contributed by atoms with E-state index < -0.39 is 22.1 Å². The average molecular weight is 603 g/mol. The third-order valence-electron chi connectivity index (χ3n) is 6.94. The molecule has 0 radical (unpaired) electrons. The van der Waals surface area contributed by atoms with Crippen LogP contribution in [0, 0.1) is 11.6 Å². The Morgan fingerprint density at radius 1 is 0.905 bits per heavy atom. The zero-order chi connectivity index (χ0) is 29.9. The lowest BCUT2D eigenvalue weighted by molar-refractivity contribution is -0.286. The highest BCUT2D eigenvalue weighted by Gasteiger charge is 2.43. The van der Waals surface area contributed by atoms with Crippen LogP contribution in [0.15, 0.2) is 86.7 Å². The standard InChI is InChI=1S/C29H26F4N4O4S/c30-22-5-1-19(2-6-22)28(20-3-7-23(31)8-4-20)21-11-14-37(15-12-21)16-13-24(36-34)18-35-42(38,39)25-9-10-26-27(17-25)41-29(32,33)40-26/h1-10,17-18H,11-16,34H2/b35-18+,36-24-. The number of nitrogens with two attached hydrogens (primary N) is 1. The van der Waals surface area contributed by atoms with E-state index in [-0.39, 0.29) is 28.0 Å². The van der Waals surface area contributed by atoms with Crippen molar-refractivity contribution < 1.29 is 35.5 Å². The van der Waals surface area contributed by atoms with Crippen molar-refractivity contribution in [3.8, 4) is 11.5 Å². The van der Waals surface area contributed by atoms with Gasteiger partial charge in [-0.15, -0.1) is 8.78 Å². The third-order valence-corrected chi connectivity index (χ3v) is 8.17. The Morgan fingerprint density at radius 2 is 1.48 bits per heavy atom. The molecule has 0 aliphatic carbocycles. The van der Waals surface area contributed by atoms with Crippen LogP contribution < -0.4 is 15.3 Å². The largest absolute Gasteiger partial charge is 0.586 e. The van der Waals surface area contributed by atoms with E-state index in [4.69, 9.17) is 5.84 Å². The first kappa shape index (κ1) is 29.3. The molecule has 0 aromatic heterocycles. The summed E-state index contributed by atoms with van der Waals surface area (Å²) < 4.78 is 91.2. The molecule has 0 bridgehead atoms. The molecule has 1 saturated heterocycles. The number of ether oxygens (including phenoxy) is 2. The molecule has 0 amide bonds. The molecule has 2 N–H and O–H groups in total. The normalized spacial score (nSPS) is 17.1. The molecule has 0 atom stereocenters. The molecular weight excluding hydrogens is 576 g/mol. The molecule has 8 nitrogen and oxygen atoms in total. The molecule has 2 aliphatic rings. The molecule has 13 heteroatoms. The lowest BCUT2D eigenvalue weighted by Crippen LogP contribution is -2.33. The summed E-state index contributed by atoms with van der Waals surface area (Å²) in [5.74, 6) is 4.10. The fourth-order valence-corrected chi connectivity index (χ4v) is 5.70. The number of rotatable bonds is 8. The predicted molar refractivity (Wildman–Crippen MR) is 149 cm³/mol. The number of nitrogens with zero attached hydrogens (tertiary/aromatic N) is 3. The minimum atomic E-state index is -4.26. The fourth-order valence-electron chi connectivity index (χ4n) is 4.82. The smallest absolute Gasteiger partial charge is 0.395 e. The number of halogens is 4. The lowest BCUT2D eigenvalue weighted by Gasteiger charge is -2.30. The Morgan fingerprint density at radius 3 is 2.05 bits per heavy atom. The molecule has 0 saturated carbocycles. The maximum absolute atomic E-state index is 13.6. The number of fused-ring (bicyclic) bond motifs is 1. The topological polar surface area (TPSA) is 107 Å². The Hall–Kier alpha value is -4.23. The van der Waals surface area contributed by atoms with Gasteiger partial charge in [0.05, 0.1) is 16.8 Å². The van der Waals surface area contributed by atoms with Crippen molar-refractivity contribution in [1.29, 1.82) is 0 Å². The second-order valence-electron chi connectivity index (χ2n) is 9.69. The van der Waals surface area contributed by atoms with Crippen LogP contribution in [-0.2, 0) is 10.0 Å². The summed E-state index contributed by atoms with van der Waals surface area (Å²) in [5.41, 5.74) is 4.02. The molecule has 1 fully saturated rings. The minimum Gasteiger partial charge on any atom is -0.395 e. The number of hydrazone groups is 1. The van der Waals surface area contributed by atoms with Gasteiger partial charge in [-0.25, -0.2) is 8.78 Å². The summed E-state index contributed by atoms with van der Waals surface area (Å²) in [5, 5.41) is 3.64. The van der Waals surface area contributed by atoms with Gasteiger partial charge in [0.2, 0.25) is 0 Å². The molecule has 5 rings (SSSR count). The zero-order valence-electron chi connectivity index (χ0n) is 22.1. The molecule has 42 heavy (non-hydrogen) atoms. The van der Waals surface area contributed by atoms with Gasteiger partial charge in [-0.05, 0) is 65.9 Å². The second kappa shape index (κ2) is 11.9. The minimum absolute atomic E-state index is 0.227. The summed E-state index contributed by atoms with van der Waals surface area (Å²) in [6.07, 6.45) is -1.10. The molecule has 3 aromatic carbocycles. The highest BCUT2D eigenvalue weighted by molar-refractivity contribution is 7.90. The first-order valence-electron chi connectivity index (χ1n) is 13.0. The Kier molecular flexibility index (Phi) is 8.32. The fraction of sp³-hybridized carbons (Fsp3) is 0.241. The first-order chi connectivity index (χ1) is 20.0. The van der Waals surface area contributed by atoms with E-state index in [1.54, 1.807) is 24.3 Å². The van der Waals surface area contributed by atoms with Crippen LogP contribution in [0.3, 0.4) is 0 Å². The first-order valence-corrected chi connectivity index (χ1v) is 14.4.